The highest BCUT2D eigenvalue weighted by Crippen LogP contribution is 2.31. The monoisotopic (exact) mass is 331 g/mol. The Morgan fingerprint density at radius 2 is 1.74 bits per heavy atom. The molecule has 0 aliphatic carbocycles. The van der Waals surface area contributed by atoms with Crippen molar-refractivity contribution in [2.75, 3.05) is 21.1 Å². The van der Waals surface area contributed by atoms with Crippen LogP contribution in [-0.4, -0.2) is 26.0 Å². The summed E-state index contributed by atoms with van der Waals surface area (Å²) < 4.78 is 25.7. The molecular formula is C15H13N3O4S. The molecule has 0 unspecified atom stereocenters. The van der Waals surface area contributed by atoms with Gasteiger partial charge in [0, 0.05) is 11.3 Å². The van der Waals surface area contributed by atoms with E-state index in [1.165, 1.54) is 12.1 Å². The minimum atomic E-state index is -3.73. The number of hydrogen-bond acceptors (Lipinski definition) is 4. The van der Waals surface area contributed by atoms with Crippen LogP contribution in [-0.2, 0) is 10.0 Å². The second-order valence-corrected chi connectivity index (χ2v) is 6.68. The number of sulfonamides is 1. The number of rotatable bonds is 2. The van der Waals surface area contributed by atoms with Gasteiger partial charge in [-0.25, -0.2) is 13.2 Å². The maximum absolute atomic E-state index is 12.0. The zero-order valence-electron chi connectivity index (χ0n) is 11.9. The lowest BCUT2D eigenvalue weighted by Gasteiger charge is -2.20. The highest BCUT2D eigenvalue weighted by atomic mass is 32.2. The Labute approximate surface area is 132 Å². The molecule has 118 valence electrons. The van der Waals surface area contributed by atoms with Gasteiger partial charge in [-0.05, 0) is 24.3 Å². The number of amides is 2. The van der Waals surface area contributed by atoms with Gasteiger partial charge in [0.15, 0.2) is 5.78 Å². The number of benzene rings is 2. The number of urea groups is 1. The van der Waals surface area contributed by atoms with Crippen molar-refractivity contribution < 1.29 is 18.0 Å². The Hall–Kier alpha value is -2.87. The number of carbonyl (C=O) groups excluding carboxylic acids is 2. The van der Waals surface area contributed by atoms with Gasteiger partial charge in [0.2, 0.25) is 10.0 Å². The molecule has 8 heteroatoms. The molecule has 3 N–H and O–H groups in total. The molecule has 0 radical (unpaired) electrons. The Morgan fingerprint density at radius 1 is 1.00 bits per heavy atom. The van der Waals surface area contributed by atoms with E-state index in [4.69, 9.17) is 0 Å². The van der Waals surface area contributed by atoms with Crippen LogP contribution in [0.15, 0.2) is 48.5 Å². The number of carbonyl (C=O) groups is 2. The molecule has 0 atom stereocenters. The van der Waals surface area contributed by atoms with Crippen LogP contribution in [0.2, 0.25) is 0 Å². The van der Waals surface area contributed by atoms with Gasteiger partial charge >= 0.3 is 6.03 Å². The van der Waals surface area contributed by atoms with Gasteiger partial charge in [-0.1, -0.05) is 24.3 Å². The summed E-state index contributed by atoms with van der Waals surface area (Å²) in [5, 5.41) is 5.16. The fraction of sp³-hybridized carbons (Fsp3) is 0.0667. The van der Waals surface area contributed by atoms with Crippen molar-refractivity contribution in [2.45, 2.75) is 0 Å². The summed E-state index contributed by atoms with van der Waals surface area (Å²) >= 11 is 0. The Balaban J connectivity index is 1.86. The largest absolute Gasteiger partial charge is 0.323 e. The number of nitrogens with one attached hydrogen (secondary N) is 3. The minimum Gasteiger partial charge on any atom is -0.308 e. The van der Waals surface area contributed by atoms with Crippen LogP contribution in [0.1, 0.15) is 10.4 Å². The quantitative estimate of drug-likeness (QED) is 0.785. The number of hydrogen-bond donors (Lipinski definition) is 3. The van der Waals surface area contributed by atoms with E-state index in [1.54, 1.807) is 30.3 Å². The van der Waals surface area contributed by atoms with Crippen molar-refractivity contribution in [1.29, 1.82) is 0 Å². The van der Waals surface area contributed by atoms with Crippen molar-refractivity contribution in [1.82, 2.24) is 0 Å². The zero-order chi connectivity index (χ0) is 16.4. The highest BCUT2D eigenvalue weighted by molar-refractivity contribution is 7.93. The van der Waals surface area contributed by atoms with Gasteiger partial charge in [0.1, 0.15) is 5.75 Å². The minimum absolute atomic E-state index is 0.0898. The topological polar surface area (TPSA) is 104 Å². The second kappa shape index (κ2) is 5.73. The van der Waals surface area contributed by atoms with E-state index in [0.29, 0.717) is 5.69 Å². The molecule has 0 saturated heterocycles. The summed E-state index contributed by atoms with van der Waals surface area (Å²) in [6, 6.07) is 12.9. The average molecular weight is 331 g/mol. The van der Waals surface area contributed by atoms with E-state index in [9.17, 15) is 18.0 Å². The maximum atomic E-state index is 12.0. The van der Waals surface area contributed by atoms with Gasteiger partial charge in [0.05, 0.1) is 11.4 Å². The standard InChI is InChI=1S/C15H13N3O4S/c19-13-9-23(21,22)18-14-11(13)7-4-8-12(14)17-15(20)16-10-5-2-1-3-6-10/h1-8,18H,9H2,(H2,16,17,20). The number of ketones is 1. The van der Waals surface area contributed by atoms with E-state index in [-0.39, 0.29) is 16.9 Å². The van der Waals surface area contributed by atoms with Crippen LogP contribution >= 0.6 is 0 Å². The van der Waals surface area contributed by atoms with Gasteiger partial charge in [0.25, 0.3) is 0 Å². The smallest absolute Gasteiger partial charge is 0.308 e. The Bertz CT molecular complexity index is 879. The molecule has 3 rings (SSSR count). The molecule has 1 aliphatic rings. The van der Waals surface area contributed by atoms with Crippen molar-refractivity contribution >= 4 is 38.9 Å². The predicted molar refractivity (Wildman–Crippen MR) is 87.3 cm³/mol. The molecule has 7 nitrogen and oxygen atoms in total. The van der Waals surface area contributed by atoms with Crippen molar-refractivity contribution in [3.05, 3.63) is 54.1 Å². The molecule has 1 heterocycles. The molecule has 2 aromatic rings. The van der Waals surface area contributed by atoms with E-state index >= 15 is 0 Å². The predicted octanol–water partition coefficient (Wildman–Crippen LogP) is 2.27. The van der Waals surface area contributed by atoms with E-state index in [1.807, 2.05) is 6.07 Å². The zero-order valence-corrected chi connectivity index (χ0v) is 12.7. The van der Waals surface area contributed by atoms with Crippen LogP contribution < -0.4 is 15.4 Å². The molecule has 0 spiro atoms. The molecule has 0 saturated carbocycles. The Morgan fingerprint density at radius 3 is 2.48 bits per heavy atom. The van der Waals surface area contributed by atoms with Crippen LogP contribution in [0.3, 0.4) is 0 Å². The van der Waals surface area contributed by atoms with Crippen LogP contribution in [0.25, 0.3) is 0 Å². The summed E-state index contributed by atoms with van der Waals surface area (Å²) in [5.41, 5.74) is 1.13. The number of anilines is 3. The van der Waals surface area contributed by atoms with E-state index < -0.39 is 27.6 Å². The summed E-state index contributed by atoms with van der Waals surface area (Å²) in [5.74, 6) is -1.11. The molecule has 0 aromatic heterocycles. The first-order chi connectivity index (χ1) is 10.9. The first-order valence-electron chi connectivity index (χ1n) is 6.74. The summed E-state index contributed by atoms with van der Waals surface area (Å²) in [6.07, 6.45) is 0. The van der Waals surface area contributed by atoms with Crippen LogP contribution in [0, 0.1) is 0 Å². The fourth-order valence-corrected chi connectivity index (χ4v) is 3.35. The third kappa shape index (κ3) is 3.32. The molecular weight excluding hydrogens is 318 g/mol. The molecule has 2 aromatic carbocycles. The second-order valence-electron chi connectivity index (χ2n) is 4.96. The SMILES string of the molecule is O=C(Nc1ccccc1)Nc1cccc2c1NS(=O)(=O)CC2=O. The van der Waals surface area contributed by atoms with E-state index in [0.717, 1.165) is 0 Å². The average Bonchev–Trinajstić information content (AvgIpc) is 2.48. The van der Waals surface area contributed by atoms with Crippen LogP contribution in [0.4, 0.5) is 21.9 Å². The Kier molecular flexibility index (Phi) is 3.75. The summed E-state index contributed by atoms with van der Waals surface area (Å²) in [7, 11) is -3.73. The van der Waals surface area contributed by atoms with Crippen molar-refractivity contribution in [3.8, 4) is 0 Å². The fourth-order valence-electron chi connectivity index (χ4n) is 2.25. The highest BCUT2D eigenvalue weighted by Gasteiger charge is 2.29. The maximum Gasteiger partial charge on any atom is 0.323 e. The van der Waals surface area contributed by atoms with Gasteiger partial charge in [-0.15, -0.1) is 0 Å². The number of fused-ring (bicyclic) bond motifs is 1. The first-order valence-corrected chi connectivity index (χ1v) is 8.39. The van der Waals surface area contributed by atoms with Crippen molar-refractivity contribution in [2.24, 2.45) is 0 Å². The van der Waals surface area contributed by atoms with Gasteiger partial charge < -0.3 is 10.6 Å². The first kappa shape index (κ1) is 15.0. The third-order valence-corrected chi connectivity index (χ3v) is 4.38. The molecule has 0 fully saturated rings. The van der Waals surface area contributed by atoms with Crippen LogP contribution in [0.5, 0.6) is 0 Å². The summed E-state index contributed by atoms with van der Waals surface area (Å²) in [6.45, 7) is 0. The lowest BCUT2D eigenvalue weighted by Crippen LogP contribution is -2.30. The normalized spacial score (nSPS) is 15.2. The van der Waals surface area contributed by atoms with Crippen molar-refractivity contribution in [3.63, 3.8) is 0 Å². The lowest BCUT2D eigenvalue weighted by molar-refractivity contribution is 0.102. The molecule has 1 aliphatic heterocycles. The van der Waals surface area contributed by atoms with E-state index in [2.05, 4.69) is 15.4 Å². The number of para-hydroxylation sites is 2. The molecule has 23 heavy (non-hydrogen) atoms. The number of Topliss-reactive ketones (excluding diaryl/α,β-unsaturated/α-hetero) is 1. The van der Waals surface area contributed by atoms with Gasteiger partial charge in [-0.3, -0.25) is 9.52 Å². The summed E-state index contributed by atoms with van der Waals surface area (Å²) in [4.78, 5) is 23.9. The lowest BCUT2D eigenvalue weighted by atomic mass is 10.1. The third-order valence-electron chi connectivity index (χ3n) is 3.22. The molecule has 0 bridgehead atoms. The van der Waals surface area contributed by atoms with Gasteiger partial charge in [-0.2, -0.15) is 0 Å². The molecule has 2 amide bonds.